The first-order chi connectivity index (χ1) is 12.1. The monoisotopic (exact) mass is 354 g/mol. The summed E-state index contributed by atoms with van der Waals surface area (Å²) in [5, 5.41) is 1.12. The molecule has 0 radical (unpaired) electrons. The van der Waals surface area contributed by atoms with Crippen molar-refractivity contribution < 1.29 is 0 Å². The van der Waals surface area contributed by atoms with Crippen LogP contribution in [0.1, 0.15) is 6.42 Å². The number of hydrogen-bond acceptors (Lipinski definition) is 7. The van der Waals surface area contributed by atoms with Crippen molar-refractivity contribution in [1.29, 1.82) is 0 Å². The van der Waals surface area contributed by atoms with Gasteiger partial charge in [-0.25, -0.2) is 9.97 Å². The normalized spacial score (nSPS) is 17.2. The molecule has 4 rings (SSSR count). The fourth-order valence-electron chi connectivity index (χ4n) is 3.17. The molecule has 0 saturated carbocycles. The lowest BCUT2D eigenvalue weighted by Crippen LogP contribution is -2.35. The molecule has 25 heavy (non-hydrogen) atoms. The molecule has 1 saturated heterocycles. The molecule has 2 aromatic heterocycles. The minimum Gasteiger partial charge on any atom is -0.355 e. The molecule has 130 valence electrons. The summed E-state index contributed by atoms with van der Waals surface area (Å²) < 4.78 is 1.25. The van der Waals surface area contributed by atoms with Gasteiger partial charge in [0.25, 0.3) is 0 Å². The molecular weight excluding hydrogens is 332 g/mol. The zero-order valence-corrected chi connectivity index (χ0v) is 15.6. The third-order valence-corrected chi connectivity index (χ3v) is 5.75. The smallest absolute Gasteiger partial charge is 0.226 e. The van der Waals surface area contributed by atoms with Crippen molar-refractivity contribution in [2.75, 3.05) is 48.9 Å². The highest BCUT2D eigenvalue weighted by atomic mass is 32.1. The number of anilines is 3. The van der Waals surface area contributed by atoms with Crippen molar-refractivity contribution in [3.63, 3.8) is 0 Å². The average molecular weight is 354 g/mol. The van der Waals surface area contributed by atoms with E-state index in [0.717, 1.165) is 41.9 Å². The molecule has 0 bridgehead atoms. The molecule has 0 spiro atoms. The summed E-state index contributed by atoms with van der Waals surface area (Å²) in [7, 11) is 6.04. The molecule has 0 amide bonds. The summed E-state index contributed by atoms with van der Waals surface area (Å²) in [5.41, 5.74) is 1.09. The van der Waals surface area contributed by atoms with E-state index in [-0.39, 0.29) is 0 Å². The second kappa shape index (κ2) is 6.48. The Morgan fingerprint density at radius 3 is 2.76 bits per heavy atom. The van der Waals surface area contributed by atoms with Gasteiger partial charge in [0.15, 0.2) is 5.13 Å². The number of benzene rings is 1. The van der Waals surface area contributed by atoms with Gasteiger partial charge in [0.2, 0.25) is 5.95 Å². The molecule has 0 N–H and O–H groups in total. The van der Waals surface area contributed by atoms with Crippen LogP contribution in [0.2, 0.25) is 0 Å². The van der Waals surface area contributed by atoms with Crippen molar-refractivity contribution in [3.8, 4) is 0 Å². The van der Waals surface area contributed by atoms with Gasteiger partial charge in [-0.05, 0) is 24.6 Å². The summed E-state index contributed by atoms with van der Waals surface area (Å²) in [6.45, 7) is 2.00. The van der Waals surface area contributed by atoms with Gasteiger partial charge in [0.1, 0.15) is 5.82 Å². The van der Waals surface area contributed by atoms with E-state index in [1.807, 2.05) is 37.3 Å². The van der Waals surface area contributed by atoms with E-state index < -0.39 is 0 Å². The summed E-state index contributed by atoms with van der Waals surface area (Å²) in [6, 6.07) is 10.7. The lowest BCUT2D eigenvalue weighted by molar-refractivity contribution is 0.683. The molecule has 1 aromatic carbocycles. The summed E-state index contributed by atoms with van der Waals surface area (Å²) >= 11 is 1.77. The van der Waals surface area contributed by atoms with E-state index in [4.69, 9.17) is 4.98 Å². The van der Waals surface area contributed by atoms with Crippen LogP contribution in [0.3, 0.4) is 0 Å². The topological polar surface area (TPSA) is 48.4 Å². The van der Waals surface area contributed by atoms with Crippen molar-refractivity contribution in [2.45, 2.75) is 12.5 Å². The molecule has 6 nitrogen and oxygen atoms in total. The van der Waals surface area contributed by atoms with E-state index in [1.165, 1.54) is 4.70 Å². The van der Waals surface area contributed by atoms with Gasteiger partial charge in [0, 0.05) is 46.5 Å². The Balaban J connectivity index is 1.50. The Morgan fingerprint density at radius 1 is 1.12 bits per heavy atom. The van der Waals surface area contributed by atoms with Crippen LogP contribution >= 0.6 is 11.3 Å². The SMILES string of the molecule is CN(C)c1nccc(N(C)C2CCN(c3nc4ccccc4s3)C2)n1. The highest BCUT2D eigenvalue weighted by Gasteiger charge is 2.28. The first-order valence-electron chi connectivity index (χ1n) is 8.45. The number of aromatic nitrogens is 3. The van der Waals surface area contributed by atoms with Gasteiger partial charge in [0.05, 0.1) is 10.2 Å². The van der Waals surface area contributed by atoms with Crippen molar-refractivity contribution in [3.05, 3.63) is 36.5 Å². The van der Waals surface area contributed by atoms with Gasteiger partial charge in [-0.3, -0.25) is 0 Å². The van der Waals surface area contributed by atoms with E-state index in [0.29, 0.717) is 6.04 Å². The molecule has 3 heterocycles. The van der Waals surface area contributed by atoms with Gasteiger partial charge in [-0.1, -0.05) is 23.5 Å². The molecule has 1 atom stereocenters. The highest BCUT2D eigenvalue weighted by Crippen LogP contribution is 2.32. The second-order valence-corrected chi connectivity index (χ2v) is 7.58. The number of nitrogens with zero attached hydrogens (tertiary/aromatic N) is 6. The Bertz CT molecular complexity index is 844. The number of thiazole rings is 1. The first kappa shape index (κ1) is 16.1. The van der Waals surface area contributed by atoms with Gasteiger partial charge in [-0.15, -0.1) is 0 Å². The lowest BCUT2D eigenvalue weighted by atomic mass is 10.2. The van der Waals surface area contributed by atoms with Crippen LogP contribution in [0.25, 0.3) is 10.2 Å². The maximum atomic E-state index is 4.79. The largest absolute Gasteiger partial charge is 0.355 e. The molecule has 1 fully saturated rings. The van der Waals surface area contributed by atoms with Gasteiger partial charge in [-0.2, -0.15) is 4.98 Å². The van der Waals surface area contributed by atoms with Crippen LogP contribution in [0.5, 0.6) is 0 Å². The van der Waals surface area contributed by atoms with Crippen LogP contribution in [0, 0.1) is 0 Å². The fraction of sp³-hybridized carbons (Fsp3) is 0.389. The predicted molar refractivity (Wildman–Crippen MR) is 105 cm³/mol. The highest BCUT2D eigenvalue weighted by molar-refractivity contribution is 7.22. The Kier molecular flexibility index (Phi) is 4.17. The molecular formula is C18H22N6S. The van der Waals surface area contributed by atoms with Crippen LogP contribution in [0.4, 0.5) is 16.9 Å². The maximum absolute atomic E-state index is 4.79. The van der Waals surface area contributed by atoms with Crippen molar-refractivity contribution >= 4 is 38.5 Å². The standard InChI is InChI=1S/C18H22N6S/c1-22(2)17-19-10-8-16(21-17)23(3)13-9-11-24(12-13)18-20-14-6-4-5-7-15(14)25-18/h4-8,10,13H,9,11-12H2,1-3H3. The van der Waals surface area contributed by atoms with Gasteiger partial charge < -0.3 is 14.7 Å². The Labute approximate surface area is 151 Å². The molecule has 1 unspecified atom stereocenters. The van der Waals surface area contributed by atoms with Crippen LogP contribution in [-0.2, 0) is 0 Å². The minimum atomic E-state index is 0.428. The first-order valence-corrected chi connectivity index (χ1v) is 9.27. The third-order valence-electron chi connectivity index (χ3n) is 4.65. The summed E-state index contributed by atoms with van der Waals surface area (Å²) in [6.07, 6.45) is 2.93. The Hall–Kier alpha value is -2.41. The zero-order chi connectivity index (χ0) is 17.4. The van der Waals surface area contributed by atoms with Crippen LogP contribution < -0.4 is 14.7 Å². The number of rotatable bonds is 4. The van der Waals surface area contributed by atoms with Crippen molar-refractivity contribution in [2.24, 2.45) is 0 Å². The predicted octanol–water partition coefficient (Wildman–Crippen LogP) is 2.87. The number of fused-ring (bicyclic) bond motifs is 1. The number of likely N-dealkylation sites (N-methyl/N-ethyl adjacent to an activating group) is 1. The molecule has 1 aliphatic heterocycles. The average Bonchev–Trinajstić information content (AvgIpc) is 3.27. The summed E-state index contributed by atoms with van der Waals surface area (Å²) in [5.74, 6) is 1.71. The quantitative estimate of drug-likeness (QED) is 0.718. The lowest BCUT2D eigenvalue weighted by Gasteiger charge is -2.26. The van der Waals surface area contributed by atoms with E-state index in [9.17, 15) is 0 Å². The number of hydrogen-bond donors (Lipinski definition) is 0. The van der Waals surface area contributed by atoms with Gasteiger partial charge >= 0.3 is 0 Å². The van der Waals surface area contributed by atoms with E-state index >= 15 is 0 Å². The van der Waals surface area contributed by atoms with E-state index in [1.54, 1.807) is 11.3 Å². The summed E-state index contributed by atoms with van der Waals surface area (Å²) in [4.78, 5) is 20.3. The zero-order valence-electron chi connectivity index (χ0n) is 14.8. The molecule has 7 heteroatoms. The molecule has 0 aliphatic carbocycles. The van der Waals surface area contributed by atoms with Crippen molar-refractivity contribution in [1.82, 2.24) is 15.0 Å². The maximum Gasteiger partial charge on any atom is 0.226 e. The fourth-order valence-corrected chi connectivity index (χ4v) is 4.17. The third kappa shape index (κ3) is 3.11. The number of para-hydroxylation sites is 1. The molecule has 1 aliphatic rings. The second-order valence-electron chi connectivity index (χ2n) is 6.57. The van der Waals surface area contributed by atoms with E-state index in [2.05, 4.69) is 45.0 Å². The minimum absolute atomic E-state index is 0.428. The van der Waals surface area contributed by atoms with Crippen LogP contribution in [0.15, 0.2) is 36.5 Å². The Morgan fingerprint density at radius 2 is 1.96 bits per heavy atom. The molecule has 3 aromatic rings. The van der Waals surface area contributed by atoms with Crippen LogP contribution in [-0.4, -0.2) is 55.2 Å².